The number of halogens is 2. The van der Waals surface area contributed by atoms with Gasteiger partial charge in [-0.1, -0.05) is 168 Å². The number of aryl methyl sites for hydroxylation is 4. The summed E-state index contributed by atoms with van der Waals surface area (Å²) in [7, 11) is 0. The molecule has 6 rings (SSSR count). The summed E-state index contributed by atoms with van der Waals surface area (Å²) >= 11 is 17.1. The van der Waals surface area contributed by atoms with E-state index in [2.05, 4.69) is 96.0 Å². The minimum Gasteiger partial charge on any atom is -0.172 e. The minimum atomic E-state index is 1.08. The van der Waals surface area contributed by atoms with Crippen LogP contribution in [0.3, 0.4) is 0 Å². The van der Waals surface area contributed by atoms with Gasteiger partial charge in [0, 0.05) is 40.4 Å². The first-order chi connectivity index (χ1) is 30.9. The molecule has 9 heteroatoms. The average Bonchev–Trinajstić information content (AvgIpc) is 4.14. The van der Waals surface area contributed by atoms with Crippen molar-refractivity contribution >= 4 is 100.0 Å². The minimum absolute atomic E-state index is 1.08. The van der Waals surface area contributed by atoms with Gasteiger partial charge >= 0.3 is 0 Å². The molecule has 0 fully saturated rings. The molecule has 0 spiro atoms. The van der Waals surface area contributed by atoms with E-state index < -0.39 is 0 Å². The van der Waals surface area contributed by atoms with Gasteiger partial charge in [-0.25, -0.2) is 0 Å². The lowest BCUT2D eigenvalue weighted by Gasteiger charge is -2.09. The van der Waals surface area contributed by atoms with Crippen LogP contribution in [0.4, 0.5) is 0 Å². The third-order valence-electron chi connectivity index (χ3n) is 12.7. The molecule has 0 radical (unpaired) electrons. The van der Waals surface area contributed by atoms with Gasteiger partial charge in [0.15, 0.2) is 0 Å². The normalized spacial score (nSPS) is 11.8. The van der Waals surface area contributed by atoms with Gasteiger partial charge in [-0.05, 0) is 130 Å². The van der Waals surface area contributed by atoms with Gasteiger partial charge in [-0.3, -0.25) is 0 Å². The Kier molecular flexibility index (Phi) is 22.9. The molecule has 6 aromatic rings. The Morgan fingerprint density at radius 1 is 0.365 bits per heavy atom. The van der Waals surface area contributed by atoms with Crippen LogP contribution in [-0.4, -0.2) is 8.75 Å². The van der Waals surface area contributed by atoms with Crippen LogP contribution in [0.2, 0.25) is 0 Å². The highest BCUT2D eigenvalue weighted by molar-refractivity contribution is 9.11. The Balaban J connectivity index is 1.33. The number of benzene rings is 1. The number of nitrogens with zero attached hydrogens (tertiary/aromatic N) is 2. The number of aromatic nitrogens is 2. The number of fused-ring (bicyclic) bond motifs is 1. The monoisotopic (exact) mass is 1070 g/mol. The number of unbranched alkanes of at least 4 members (excludes halogenated alkanes) is 20. The molecule has 0 saturated heterocycles. The lowest BCUT2D eigenvalue weighted by atomic mass is 9.98. The fourth-order valence-electron chi connectivity index (χ4n) is 9.10. The summed E-state index contributed by atoms with van der Waals surface area (Å²) in [5.41, 5.74) is 10.7. The highest BCUT2D eigenvalue weighted by Gasteiger charge is 2.24. The van der Waals surface area contributed by atoms with Crippen molar-refractivity contribution in [2.75, 3.05) is 0 Å². The molecule has 5 aromatic heterocycles. The SMILES string of the molecule is CCCCCCCCc1cc(Br)sc1-c1cc(CCCCCCCC)c(-c2ccc(-c3sc(-c4sc(Br)cc4CCCCCCCC)cc3CCCCCCCC)c3nsnc23)s1. The topological polar surface area (TPSA) is 25.8 Å². The zero-order valence-electron chi connectivity index (χ0n) is 39.0. The van der Waals surface area contributed by atoms with E-state index in [4.69, 9.17) is 8.75 Å². The zero-order valence-corrected chi connectivity index (χ0v) is 46.2. The van der Waals surface area contributed by atoms with E-state index in [-0.39, 0.29) is 0 Å². The third kappa shape index (κ3) is 15.1. The zero-order chi connectivity index (χ0) is 44.2. The number of rotatable bonds is 32. The highest BCUT2D eigenvalue weighted by Crippen LogP contribution is 2.49. The van der Waals surface area contributed by atoms with E-state index in [9.17, 15) is 0 Å². The molecule has 0 aliphatic rings. The summed E-state index contributed by atoms with van der Waals surface area (Å²) in [5.74, 6) is 0. The highest BCUT2D eigenvalue weighted by atomic mass is 79.9. The molecule has 0 bridgehead atoms. The molecule has 0 aliphatic heterocycles. The van der Waals surface area contributed by atoms with Crippen LogP contribution in [0.5, 0.6) is 0 Å². The average molecular weight is 1070 g/mol. The third-order valence-corrected chi connectivity index (χ3v) is 19.4. The Morgan fingerprint density at radius 3 is 1.00 bits per heavy atom. The first-order valence-corrected chi connectivity index (χ1v) is 30.6. The summed E-state index contributed by atoms with van der Waals surface area (Å²) < 4.78 is 12.8. The summed E-state index contributed by atoms with van der Waals surface area (Å²) in [6.07, 6.45) is 36.2. The molecular formula is C54H74Br2N2S5. The fourth-order valence-corrected chi connectivity index (χ4v) is 15.8. The van der Waals surface area contributed by atoms with Gasteiger partial charge in [-0.15, -0.1) is 45.3 Å². The smallest absolute Gasteiger partial charge is 0.114 e. The van der Waals surface area contributed by atoms with Crippen LogP contribution in [-0.2, 0) is 25.7 Å². The second-order valence-corrected chi connectivity index (χ2v) is 25.4. The van der Waals surface area contributed by atoms with E-state index in [1.54, 1.807) is 0 Å². The van der Waals surface area contributed by atoms with Crippen LogP contribution >= 0.6 is 88.9 Å². The largest absolute Gasteiger partial charge is 0.172 e. The number of thiophene rings is 4. The standard InChI is InChI=1S/C54H74Br2N2S5/c1-5-9-13-17-21-25-29-39-35-45(53-41(37-47(55)61-53)31-27-23-19-15-11-7-3)59-51(39)43-33-34-44(50-49(43)57-63-58-50)52-40(30-26-22-18-14-10-6-2)36-46(60-52)54-42(38-48(56)62-54)32-28-24-20-16-12-8-4/h33-38H,5-32H2,1-4H3. The second-order valence-electron chi connectivity index (χ2n) is 17.9. The van der Waals surface area contributed by atoms with Crippen molar-refractivity contribution < 1.29 is 0 Å². The predicted molar refractivity (Wildman–Crippen MR) is 294 cm³/mol. The van der Waals surface area contributed by atoms with Gasteiger partial charge in [-0.2, -0.15) is 8.75 Å². The van der Waals surface area contributed by atoms with Crippen LogP contribution in [0.1, 0.15) is 204 Å². The molecule has 0 atom stereocenters. The Hall–Kier alpha value is -1.20. The summed E-state index contributed by atoms with van der Waals surface area (Å²) in [6, 6.07) is 14.8. The first kappa shape index (κ1) is 51.2. The number of hydrogen-bond acceptors (Lipinski definition) is 7. The van der Waals surface area contributed by atoms with Crippen LogP contribution in [0, 0.1) is 0 Å². The Morgan fingerprint density at radius 2 is 0.667 bits per heavy atom. The van der Waals surface area contributed by atoms with Crippen molar-refractivity contribution in [1.82, 2.24) is 8.75 Å². The molecule has 0 N–H and O–H groups in total. The van der Waals surface area contributed by atoms with Crippen LogP contribution in [0.15, 0.2) is 44.0 Å². The molecule has 2 nitrogen and oxygen atoms in total. The van der Waals surface area contributed by atoms with Crippen molar-refractivity contribution in [3.05, 3.63) is 66.2 Å². The molecular weight excluding hydrogens is 997 g/mol. The molecule has 0 aliphatic carbocycles. The van der Waals surface area contributed by atoms with Gasteiger partial charge in [0.25, 0.3) is 0 Å². The predicted octanol–water partition coefficient (Wildman–Crippen LogP) is 21.7. The Labute approximate surface area is 419 Å². The number of hydrogen-bond donors (Lipinski definition) is 0. The van der Waals surface area contributed by atoms with Crippen molar-refractivity contribution in [2.45, 2.75) is 207 Å². The summed E-state index contributed by atoms with van der Waals surface area (Å²) in [5, 5.41) is 0. The molecule has 63 heavy (non-hydrogen) atoms. The lowest BCUT2D eigenvalue weighted by molar-refractivity contribution is 0.608. The molecule has 344 valence electrons. The van der Waals surface area contributed by atoms with Gasteiger partial charge in [0.05, 0.1) is 19.3 Å². The maximum Gasteiger partial charge on any atom is 0.114 e. The van der Waals surface area contributed by atoms with Crippen molar-refractivity contribution in [1.29, 1.82) is 0 Å². The van der Waals surface area contributed by atoms with Crippen molar-refractivity contribution in [3.63, 3.8) is 0 Å². The van der Waals surface area contributed by atoms with Crippen molar-refractivity contribution in [3.8, 4) is 40.4 Å². The molecule has 0 amide bonds. The molecule has 0 unspecified atom stereocenters. The maximum atomic E-state index is 5.14. The molecule has 0 saturated carbocycles. The maximum absolute atomic E-state index is 5.14. The van der Waals surface area contributed by atoms with E-state index in [0.717, 1.165) is 36.7 Å². The van der Waals surface area contributed by atoms with Crippen molar-refractivity contribution in [2.24, 2.45) is 0 Å². The second kappa shape index (κ2) is 28.2. The van der Waals surface area contributed by atoms with E-state index in [1.165, 1.54) is 236 Å². The Bertz CT molecular complexity index is 2070. The molecule has 1 aromatic carbocycles. The van der Waals surface area contributed by atoms with Gasteiger partial charge in [0.2, 0.25) is 0 Å². The first-order valence-electron chi connectivity index (χ1n) is 25.0. The quantitative estimate of drug-likeness (QED) is 0.0394. The van der Waals surface area contributed by atoms with Gasteiger partial charge in [0.1, 0.15) is 11.0 Å². The van der Waals surface area contributed by atoms with E-state index >= 15 is 0 Å². The fraction of sp³-hybridized carbons (Fsp3) is 0.593. The molecule has 5 heterocycles. The van der Waals surface area contributed by atoms with Crippen LogP contribution in [0.25, 0.3) is 51.4 Å². The summed E-state index contributed by atoms with van der Waals surface area (Å²) in [4.78, 5) is 8.57. The summed E-state index contributed by atoms with van der Waals surface area (Å²) in [6.45, 7) is 9.24. The van der Waals surface area contributed by atoms with Crippen LogP contribution < -0.4 is 0 Å². The lowest BCUT2D eigenvalue weighted by Crippen LogP contribution is -1.90. The van der Waals surface area contributed by atoms with E-state index in [0.29, 0.717) is 0 Å². The van der Waals surface area contributed by atoms with E-state index in [1.807, 2.05) is 45.3 Å². The van der Waals surface area contributed by atoms with Gasteiger partial charge < -0.3 is 0 Å².